The minimum Gasteiger partial charge on any atom is -0.483 e. The van der Waals surface area contributed by atoms with Crippen LogP contribution in [-0.2, 0) is 16.1 Å². The van der Waals surface area contributed by atoms with Crippen molar-refractivity contribution in [1.82, 2.24) is 10.2 Å². The van der Waals surface area contributed by atoms with Gasteiger partial charge in [0.05, 0.1) is 4.47 Å². The van der Waals surface area contributed by atoms with E-state index in [0.29, 0.717) is 18.1 Å². The van der Waals surface area contributed by atoms with Gasteiger partial charge in [-0.15, -0.1) is 0 Å². The fourth-order valence-corrected chi connectivity index (χ4v) is 3.81. The lowest BCUT2D eigenvalue weighted by Crippen LogP contribution is -2.51. The molecule has 0 unspecified atom stereocenters. The molecular formula is C25H32BrFN2O3. The van der Waals surface area contributed by atoms with Crippen LogP contribution in [0.3, 0.4) is 0 Å². The molecule has 0 saturated heterocycles. The quantitative estimate of drug-likeness (QED) is 0.467. The van der Waals surface area contributed by atoms with Gasteiger partial charge in [0.15, 0.2) is 6.61 Å². The third kappa shape index (κ3) is 7.33. The normalized spacial score (nSPS) is 12.0. The number of rotatable bonds is 10. The Balaban J connectivity index is 2.22. The molecule has 0 bridgehead atoms. The second-order valence-corrected chi connectivity index (χ2v) is 9.22. The predicted octanol–water partition coefficient (Wildman–Crippen LogP) is 5.42. The zero-order valence-electron chi connectivity index (χ0n) is 19.3. The lowest BCUT2D eigenvalue weighted by atomic mass is 10.0. The van der Waals surface area contributed by atoms with Crippen molar-refractivity contribution in [3.05, 3.63) is 63.9 Å². The lowest BCUT2D eigenvalue weighted by Gasteiger charge is -2.31. The standard InChI is InChI=1S/C25H32BrFN2O3/c1-6-22(25(31)28-17(4)5)29(14-18-7-10-20(27)11-8-18)24(30)15-32-23-12-9-19(16(2)3)13-21(23)26/h7-13,16-17,22H,6,14-15H2,1-5H3,(H,28,31)/t22-/m1/s1. The van der Waals surface area contributed by atoms with E-state index < -0.39 is 6.04 Å². The molecule has 32 heavy (non-hydrogen) atoms. The van der Waals surface area contributed by atoms with Gasteiger partial charge in [-0.3, -0.25) is 9.59 Å². The van der Waals surface area contributed by atoms with Crippen LogP contribution in [0, 0.1) is 5.82 Å². The van der Waals surface area contributed by atoms with E-state index in [9.17, 15) is 14.0 Å². The van der Waals surface area contributed by atoms with Crippen molar-refractivity contribution in [2.24, 2.45) is 0 Å². The molecule has 0 heterocycles. The van der Waals surface area contributed by atoms with E-state index >= 15 is 0 Å². The lowest BCUT2D eigenvalue weighted by molar-refractivity contribution is -0.143. The van der Waals surface area contributed by atoms with Crippen LogP contribution < -0.4 is 10.1 Å². The summed E-state index contributed by atoms with van der Waals surface area (Å²) in [6.45, 7) is 9.78. The maximum Gasteiger partial charge on any atom is 0.261 e. The molecular weight excluding hydrogens is 475 g/mol. The Hall–Kier alpha value is -2.41. The number of nitrogens with zero attached hydrogens (tertiary/aromatic N) is 1. The third-order valence-corrected chi connectivity index (χ3v) is 5.68. The van der Waals surface area contributed by atoms with Crippen LogP contribution in [-0.4, -0.2) is 35.4 Å². The number of ether oxygens (including phenoxy) is 1. The zero-order chi connectivity index (χ0) is 23.8. The number of halogens is 2. The highest BCUT2D eigenvalue weighted by molar-refractivity contribution is 9.10. The highest BCUT2D eigenvalue weighted by Gasteiger charge is 2.29. The molecule has 7 heteroatoms. The molecule has 2 aromatic carbocycles. The van der Waals surface area contributed by atoms with Crippen LogP contribution in [0.1, 0.15) is 58.1 Å². The minimum absolute atomic E-state index is 0.0500. The van der Waals surface area contributed by atoms with E-state index in [-0.39, 0.29) is 36.8 Å². The van der Waals surface area contributed by atoms with E-state index in [4.69, 9.17) is 4.74 Å². The summed E-state index contributed by atoms with van der Waals surface area (Å²) < 4.78 is 19.9. The van der Waals surface area contributed by atoms with Crippen LogP contribution in [0.25, 0.3) is 0 Å². The van der Waals surface area contributed by atoms with Crippen molar-refractivity contribution >= 4 is 27.7 Å². The van der Waals surface area contributed by atoms with Crippen molar-refractivity contribution in [3.63, 3.8) is 0 Å². The summed E-state index contributed by atoms with van der Waals surface area (Å²) in [7, 11) is 0. The number of hydrogen-bond donors (Lipinski definition) is 1. The van der Waals surface area contributed by atoms with E-state index in [1.165, 1.54) is 17.0 Å². The third-order valence-electron chi connectivity index (χ3n) is 5.06. The molecule has 0 radical (unpaired) electrons. The second-order valence-electron chi connectivity index (χ2n) is 8.37. The van der Waals surface area contributed by atoms with Gasteiger partial charge in [-0.05, 0) is 77.5 Å². The molecule has 5 nitrogen and oxygen atoms in total. The number of benzene rings is 2. The summed E-state index contributed by atoms with van der Waals surface area (Å²) in [5.74, 6) is 0.0386. The van der Waals surface area contributed by atoms with Crippen LogP contribution in [0.4, 0.5) is 4.39 Å². The van der Waals surface area contributed by atoms with Gasteiger partial charge in [0, 0.05) is 12.6 Å². The summed E-state index contributed by atoms with van der Waals surface area (Å²) in [6.07, 6.45) is 0.443. The van der Waals surface area contributed by atoms with Crippen LogP contribution >= 0.6 is 15.9 Å². The fourth-order valence-electron chi connectivity index (χ4n) is 3.30. The first-order valence-electron chi connectivity index (χ1n) is 10.9. The number of carbonyl (C=O) groups is 2. The first-order valence-corrected chi connectivity index (χ1v) is 11.7. The van der Waals surface area contributed by atoms with Gasteiger partial charge in [0.2, 0.25) is 5.91 Å². The summed E-state index contributed by atoms with van der Waals surface area (Å²) in [6, 6.07) is 11.0. The van der Waals surface area contributed by atoms with Crippen LogP contribution in [0.2, 0.25) is 0 Å². The molecule has 2 rings (SSSR count). The summed E-state index contributed by atoms with van der Waals surface area (Å²) in [5, 5.41) is 2.88. The molecule has 0 fully saturated rings. The minimum atomic E-state index is -0.662. The topological polar surface area (TPSA) is 58.6 Å². The van der Waals surface area contributed by atoms with Gasteiger partial charge in [0.25, 0.3) is 5.91 Å². The van der Waals surface area contributed by atoms with Gasteiger partial charge >= 0.3 is 0 Å². The fraction of sp³-hybridized carbons (Fsp3) is 0.440. The Labute approximate surface area is 198 Å². The van der Waals surface area contributed by atoms with Gasteiger partial charge in [0.1, 0.15) is 17.6 Å². The van der Waals surface area contributed by atoms with E-state index in [1.807, 2.05) is 39.0 Å². The smallest absolute Gasteiger partial charge is 0.261 e. The Morgan fingerprint density at radius 1 is 1.09 bits per heavy atom. The maximum atomic E-state index is 13.3. The average Bonchev–Trinajstić information content (AvgIpc) is 2.73. The number of nitrogens with one attached hydrogen (secondary N) is 1. The van der Waals surface area contributed by atoms with E-state index in [2.05, 4.69) is 35.1 Å². The number of amides is 2. The maximum absolute atomic E-state index is 13.3. The predicted molar refractivity (Wildman–Crippen MR) is 128 cm³/mol. The average molecular weight is 507 g/mol. The number of carbonyl (C=O) groups excluding carboxylic acids is 2. The van der Waals surface area contributed by atoms with Gasteiger partial charge in [-0.1, -0.05) is 39.0 Å². The molecule has 1 atom stereocenters. The Morgan fingerprint density at radius 2 is 1.75 bits per heavy atom. The molecule has 0 saturated carbocycles. The summed E-state index contributed by atoms with van der Waals surface area (Å²) in [4.78, 5) is 27.5. The monoisotopic (exact) mass is 506 g/mol. The second kappa shape index (κ2) is 12.0. The van der Waals surface area contributed by atoms with Gasteiger partial charge in [-0.2, -0.15) is 0 Å². The molecule has 2 amide bonds. The van der Waals surface area contributed by atoms with Crippen molar-refractivity contribution in [2.75, 3.05) is 6.61 Å². The molecule has 0 aliphatic carbocycles. The van der Waals surface area contributed by atoms with Crippen LogP contribution in [0.15, 0.2) is 46.9 Å². The van der Waals surface area contributed by atoms with Crippen molar-refractivity contribution in [2.45, 2.75) is 65.6 Å². The highest BCUT2D eigenvalue weighted by atomic mass is 79.9. The van der Waals surface area contributed by atoms with Gasteiger partial charge in [-0.25, -0.2) is 4.39 Å². The van der Waals surface area contributed by atoms with E-state index in [1.54, 1.807) is 12.1 Å². The molecule has 2 aromatic rings. The Bertz CT molecular complexity index is 916. The molecule has 0 spiro atoms. The largest absolute Gasteiger partial charge is 0.483 e. The van der Waals surface area contributed by atoms with Crippen molar-refractivity contribution < 1.29 is 18.7 Å². The van der Waals surface area contributed by atoms with Crippen molar-refractivity contribution in [3.8, 4) is 5.75 Å². The first kappa shape index (κ1) is 25.8. The molecule has 174 valence electrons. The Kier molecular flexibility index (Phi) is 9.69. The highest BCUT2D eigenvalue weighted by Crippen LogP contribution is 2.29. The Morgan fingerprint density at radius 3 is 2.28 bits per heavy atom. The van der Waals surface area contributed by atoms with Crippen molar-refractivity contribution in [1.29, 1.82) is 0 Å². The molecule has 0 aliphatic rings. The first-order chi connectivity index (χ1) is 15.1. The van der Waals surface area contributed by atoms with E-state index in [0.717, 1.165) is 15.6 Å². The molecule has 0 aliphatic heterocycles. The summed E-state index contributed by atoms with van der Waals surface area (Å²) >= 11 is 3.51. The molecule has 0 aromatic heterocycles. The molecule has 1 N–H and O–H groups in total. The number of hydrogen-bond acceptors (Lipinski definition) is 3. The summed E-state index contributed by atoms with van der Waals surface area (Å²) in [5.41, 5.74) is 1.89. The van der Waals surface area contributed by atoms with Crippen LogP contribution in [0.5, 0.6) is 5.75 Å². The van der Waals surface area contributed by atoms with Gasteiger partial charge < -0.3 is 15.0 Å². The zero-order valence-corrected chi connectivity index (χ0v) is 20.9. The SMILES string of the molecule is CC[C@H](C(=O)NC(C)C)N(Cc1ccc(F)cc1)C(=O)COc1ccc(C(C)C)cc1Br.